The number of hydrogen-bond donors (Lipinski definition) is 0. The van der Waals surface area contributed by atoms with Gasteiger partial charge in [-0.05, 0) is 124 Å². The van der Waals surface area contributed by atoms with Gasteiger partial charge in [0.1, 0.15) is 0 Å². The minimum absolute atomic E-state index is 0.121. The maximum Gasteiger partial charge on any atom is 0.0894 e. The molecule has 186 valence electrons. The van der Waals surface area contributed by atoms with Gasteiger partial charge in [-0.2, -0.15) is 0 Å². The van der Waals surface area contributed by atoms with E-state index in [1.807, 2.05) is 0 Å². The van der Waals surface area contributed by atoms with E-state index in [0.29, 0.717) is 0 Å². The maximum atomic E-state index is 12.3. The average molecular weight is 455 g/mol. The molecule has 3 saturated carbocycles. The Kier molecular flexibility index (Phi) is 10.2. The van der Waals surface area contributed by atoms with Crippen molar-refractivity contribution >= 4 is 0 Å². The Morgan fingerprint density at radius 1 is 0.636 bits per heavy atom. The van der Waals surface area contributed by atoms with Crippen LogP contribution in [-0.2, 0) is 6.42 Å². The van der Waals surface area contributed by atoms with E-state index in [0.717, 1.165) is 48.3 Å². The molecule has 3 aliphatic carbocycles. The fourth-order valence-corrected chi connectivity index (χ4v) is 7.91. The summed E-state index contributed by atoms with van der Waals surface area (Å²) in [5, 5.41) is 0. The lowest BCUT2D eigenvalue weighted by Gasteiger charge is -2.41. The molecule has 0 bridgehead atoms. The van der Waals surface area contributed by atoms with E-state index in [4.69, 9.17) is 0 Å². The van der Waals surface area contributed by atoms with Gasteiger partial charge < -0.3 is 0 Å². The van der Waals surface area contributed by atoms with Crippen LogP contribution in [0.1, 0.15) is 133 Å². The summed E-state index contributed by atoms with van der Waals surface area (Å²) in [4.78, 5) is 0. The van der Waals surface area contributed by atoms with Gasteiger partial charge in [0, 0.05) is 0 Å². The molecular weight excluding hydrogens is 403 g/mol. The van der Waals surface area contributed by atoms with E-state index in [9.17, 15) is 4.39 Å². The van der Waals surface area contributed by atoms with Crippen LogP contribution in [0.2, 0.25) is 0 Å². The molecule has 0 unspecified atom stereocenters. The first kappa shape index (κ1) is 25.2. The summed E-state index contributed by atoms with van der Waals surface area (Å²) in [5.74, 6) is 5.88. The molecule has 0 spiro atoms. The zero-order valence-electron chi connectivity index (χ0n) is 21.6. The molecule has 0 radical (unpaired) electrons. The van der Waals surface area contributed by atoms with Crippen LogP contribution in [-0.4, -0.2) is 6.67 Å². The molecule has 0 N–H and O–H groups in total. The molecule has 0 nitrogen and oxygen atoms in total. The predicted molar refractivity (Wildman–Crippen MR) is 140 cm³/mol. The van der Waals surface area contributed by atoms with Gasteiger partial charge in [0.25, 0.3) is 0 Å². The molecule has 0 amide bonds. The summed E-state index contributed by atoms with van der Waals surface area (Å²) in [6.45, 7) is 2.15. The molecule has 0 saturated heterocycles. The van der Waals surface area contributed by atoms with Crippen molar-refractivity contribution in [2.45, 2.75) is 128 Å². The average Bonchev–Trinajstić information content (AvgIpc) is 2.88. The fraction of sp³-hybridized carbons (Fsp3) is 0.812. The maximum absolute atomic E-state index is 12.3. The molecule has 3 aliphatic rings. The molecule has 0 aliphatic heterocycles. The third-order valence-electron chi connectivity index (χ3n) is 10.0. The number of hydrogen-bond acceptors (Lipinski definition) is 0. The van der Waals surface area contributed by atoms with Gasteiger partial charge in [0.15, 0.2) is 0 Å². The zero-order valence-corrected chi connectivity index (χ0v) is 21.6. The Balaban J connectivity index is 1.13. The van der Waals surface area contributed by atoms with E-state index >= 15 is 0 Å². The van der Waals surface area contributed by atoms with Gasteiger partial charge in [-0.25, -0.2) is 0 Å². The molecule has 4 rings (SSSR count). The first-order valence-corrected chi connectivity index (χ1v) is 14.9. The molecular formula is C32H51F. The Morgan fingerprint density at radius 2 is 1.15 bits per heavy atom. The molecule has 1 aromatic carbocycles. The predicted octanol–water partition coefficient (Wildman–Crippen LogP) is 10.1. The lowest BCUT2D eigenvalue weighted by molar-refractivity contribution is 0.108. The smallest absolute Gasteiger partial charge is 0.0894 e. The lowest BCUT2D eigenvalue weighted by Crippen LogP contribution is -2.29. The third-order valence-corrected chi connectivity index (χ3v) is 10.0. The highest BCUT2D eigenvalue weighted by Gasteiger charge is 2.34. The van der Waals surface area contributed by atoms with Gasteiger partial charge in [0.05, 0.1) is 6.67 Å². The Labute approximate surface area is 204 Å². The molecule has 3 fully saturated rings. The van der Waals surface area contributed by atoms with Crippen LogP contribution in [0.3, 0.4) is 0 Å². The number of unbranched alkanes of at least 4 members (excludes halogenated alkanes) is 2. The second-order valence-electron chi connectivity index (χ2n) is 12.1. The highest BCUT2D eigenvalue weighted by Crippen LogP contribution is 2.47. The van der Waals surface area contributed by atoms with Crippen molar-refractivity contribution in [3.05, 3.63) is 35.4 Å². The Morgan fingerprint density at radius 3 is 1.67 bits per heavy atom. The minimum atomic E-state index is -0.121. The van der Waals surface area contributed by atoms with E-state index in [2.05, 4.69) is 31.2 Å². The first-order chi connectivity index (χ1) is 16.3. The number of alkyl halides is 1. The van der Waals surface area contributed by atoms with Crippen LogP contribution in [0, 0.1) is 29.6 Å². The standard InChI is InChI=1S/C32H51F/c1-2-6-25-8-12-27(13-9-25)29-16-20-31(21-17-29)32-22-18-30(19-23-32)28-14-10-26(11-15-28)7-4-3-5-24-33/h8-9,12-13,26,28-32H,2-7,10-11,14-24H2,1H3/t26-,28-,29?,30-,31?,32-. The second kappa shape index (κ2) is 13.3. The first-order valence-electron chi connectivity index (χ1n) is 14.9. The van der Waals surface area contributed by atoms with Crippen molar-refractivity contribution < 1.29 is 4.39 Å². The monoisotopic (exact) mass is 454 g/mol. The fourth-order valence-electron chi connectivity index (χ4n) is 7.91. The Hall–Kier alpha value is -0.850. The summed E-state index contributed by atoms with van der Waals surface area (Å²) in [6.07, 6.45) is 24.8. The van der Waals surface area contributed by atoms with Crippen LogP contribution in [0.4, 0.5) is 4.39 Å². The highest BCUT2D eigenvalue weighted by molar-refractivity contribution is 5.26. The highest BCUT2D eigenvalue weighted by atomic mass is 19.1. The van der Waals surface area contributed by atoms with Gasteiger partial charge in [0.2, 0.25) is 0 Å². The number of benzene rings is 1. The van der Waals surface area contributed by atoms with Crippen LogP contribution >= 0.6 is 0 Å². The normalized spacial score (nSPS) is 33.2. The summed E-state index contributed by atoms with van der Waals surface area (Å²) >= 11 is 0. The van der Waals surface area contributed by atoms with E-state index in [1.165, 1.54) is 108 Å². The zero-order chi connectivity index (χ0) is 22.9. The summed E-state index contributed by atoms with van der Waals surface area (Å²) < 4.78 is 12.3. The van der Waals surface area contributed by atoms with Crippen molar-refractivity contribution in [2.24, 2.45) is 29.6 Å². The molecule has 0 heterocycles. The number of rotatable bonds is 10. The SMILES string of the molecule is CCCc1ccc(C2CCC([C@H]3CC[C@H]([C@H]4CC[C@H](CCCCCF)CC4)CC3)CC2)cc1. The van der Waals surface area contributed by atoms with Gasteiger partial charge in [-0.15, -0.1) is 0 Å². The van der Waals surface area contributed by atoms with Crippen molar-refractivity contribution in [1.82, 2.24) is 0 Å². The van der Waals surface area contributed by atoms with Gasteiger partial charge in [-0.3, -0.25) is 4.39 Å². The molecule has 33 heavy (non-hydrogen) atoms. The van der Waals surface area contributed by atoms with Crippen molar-refractivity contribution in [1.29, 1.82) is 0 Å². The van der Waals surface area contributed by atoms with Crippen molar-refractivity contribution in [3.8, 4) is 0 Å². The van der Waals surface area contributed by atoms with Crippen LogP contribution < -0.4 is 0 Å². The quantitative estimate of drug-likeness (QED) is 0.308. The van der Waals surface area contributed by atoms with Crippen LogP contribution in [0.15, 0.2) is 24.3 Å². The number of halogens is 1. The minimum Gasteiger partial charge on any atom is -0.251 e. The molecule has 1 aromatic rings. The lowest BCUT2D eigenvalue weighted by atomic mass is 9.64. The van der Waals surface area contributed by atoms with Crippen LogP contribution in [0.25, 0.3) is 0 Å². The van der Waals surface area contributed by atoms with Crippen molar-refractivity contribution in [2.75, 3.05) is 6.67 Å². The summed E-state index contributed by atoms with van der Waals surface area (Å²) in [6, 6.07) is 9.62. The summed E-state index contributed by atoms with van der Waals surface area (Å²) in [7, 11) is 0. The van der Waals surface area contributed by atoms with Crippen molar-refractivity contribution in [3.63, 3.8) is 0 Å². The molecule has 0 aromatic heterocycles. The third kappa shape index (κ3) is 7.32. The second-order valence-corrected chi connectivity index (χ2v) is 12.1. The van der Waals surface area contributed by atoms with Gasteiger partial charge in [-0.1, -0.05) is 69.7 Å². The molecule has 0 atom stereocenters. The molecule has 1 heteroatoms. The van der Waals surface area contributed by atoms with Gasteiger partial charge >= 0.3 is 0 Å². The van der Waals surface area contributed by atoms with E-state index < -0.39 is 0 Å². The summed E-state index contributed by atoms with van der Waals surface area (Å²) in [5.41, 5.74) is 3.11. The van der Waals surface area contributed by atoms with E-state index in [1.54, 1.807) is 5.56 Å². The topological polar surface area (TPSA) is 0 Å². The van der Waals surface area contributed by atoms with E-state index in [-0.39, 0.29) is 6.67 Å². The number of aryl methyl sites for hydroxylation is 1. The largest absolute Gasteiger partial charge is 0.251 e. The Bertz CT molecular complexity index is 640. The van der Waals surface area contributed by atoms with Crippen LogP contribution in [0.5, 0.6) is 0 Å².